The molecular formula is C20H23NO3. The first-order valence-corrected chi connectivity index (χ1v) is 8.09. The molecule has 0 aliphatic rings. The molecule has 2 aromatic rings. The number of hydrogen-bond acceptors (Lipinski definition) is 2. The van der Waals surface area contributed by atoms with Crippen LogP contribution >= 0.6 is 0 Å². The van der Waals surface area contributed by atoms with E-state index in [1.54, 1.807) is 12.1 Å². The van der Waals surface area contributed by atoms with Crippen molar-refractivity contribution in [3.05, 3.63) is 71.3 Å². The van der Waals surface area contributed by atoms with Crippen LogP contribution in [0.2, 0.25) is 0 Å². The Morgan fingerprint density at radius 2 is 1.67 bits per heavy atom. The summed E-state index contributed by atoms with van der Waals surface area (Å²) in [4.78, 5) is 24.1. The van der Waals surface area contributed by atoms with Gasteiger partial charge < -0.3 is 10.4 Å². The molecule has 24 heavy (non-hydrogen) atoms. The molecule has 1 amide bonds. The maximum Gasteiger partial charge on any atom is 0.315 e. The molecule has 0 saturated carbocycles. The maximum atomic E-state index is 12.2. The number of rotatable bonds is 7. The van der Waals surface area contributed by atoms with Gasteiger partial charge in [0.25, 0.3) is 0 Å². The average molecular weight is 325 g/mol. The van der Waals surface area contributed by atoms with E-state index in [1.165, 1.54) is 0 Å². The Labute approximate surface area is 142 Å². The minimum absolute atomic E-state index is 0.0769. The number of aryl methyl sites for hydroxylation is 1. The second-order valence-electron chi connectivity index (χ2n) is 6.05. The predicted molar refractivity (Wildman–Crippen MR) is 93.9 cm³/mol. The van der Waals surface area contributed by atoms with Crippen molar-refractivity contribution in [1.29, 1.82) is 0 Å². The summed E-state index contributed by atoms with van der Waals surface area (Å²) in [6.07, 6.45) is 0.644. The minimum Gasteiger partial charge on any atom is -0.481 e. The van der Waals surface area contributed by atoms with Gasteiger partial charge in [-0.05, 0) is 24.5 Å². The lowest BCUT2D eigenvalue weighted by molar-refractivity contribution is -0.144. The molecule has 0 aliphatic heterocycles. The number of aliphatic carboxylic acids is 1. The zero-order valence-corrected chi connectivity index (χ0v) is 14.1. The van der Waals surface area contributed by atoms with E-state index in [0.717, 1.165) is 11.1 Å². The van der Waals surface area contributed by atoms with Crippen LogP contribution in [0, 0.1) is 6.92 Å². The molecule has 1 unspecified atom stereocenters. The Morgan fingerprint density at radius 1 is 1.04 bits per heavy atom. The predicted octanol–water partition coefficient (Wildman–Crippen LogP) is 3.09. The van der Waals surface area contributed by atoms with Crippen molar-refractivity contribution in [3.63, 3.8) is 0 Å². The second kappa shape index (κ2) is 7.77. The zero-order chi connectivity index (χ0) is 17.6. The highest BCUT2D eigenvalue weighted by atomic mass is 16.4. The zero-order valence-electron chi connectivity index (χ0n) is 14.1. The topological polar surface area (TPSA) is 66.4 Å². The number of amides is 1. The van der Waals surface area contributed by atoms with E-state index < -0.39 is 11.4 Å². The summed E-state index contributed by atoms with van der Waals surface area (Å²) in [5, 5.41) is 12.6. The van der Waals surface area contributed by atoms with Crippen LogP contribution in [-0.2, 0) is 21.4 Å². The van der Waals surface area contributed by atoms with Gasteiger partial charge in [-0.15, -0.1) is 0 Å². The van der Waals surface area contributed by atoms with Gasteiger partial charge in [-0.25, -0.2) is 0 Å². The van der Waals surface area contributed by atoms with Gasteiger partial charge >= 0.3 is 5.97 Å². The van der Waals surface area contributed by atoms with Gasteiger partial charge in [-0.1, -0.05) is 67.1 Å². The SMILES string of the molecule is CCC(CNC(=O)Cc1ccc(C)cc1)(C(=O)O)c1ccccc1. The van der Waals surface area contributed by atoms with Gasteiger partial charge in [0.05, 0.1) is 6.42 Å². The summed E-state index contributed by atoms with van der Waals surface area (Å²) in [6.45, 7) is 3.90. The van der Waals surface area contributed by atoms with Gasteiger partial charge in [0.2, 0.25) is 5.91 Å². The third kappa shape index (κ3) is 4.02. The number of carbonyl (C=O) groups excluding carboxylic acids is 1. The Morgan fingerprint density at radius 3 is 2.21 bits per heavy atom. The van der Waals surface area contributed by atoms with E-state index >= 15 is 0 Å². The summed E-state index contributed by atoms with van der Waals surface area (Å²) in [6, 6.07) is 16.8. The molecule has 0 spiro atoms. The smallest absolute Gasteiger partial charge is 0.315 e. The molecular weight excluding hydrogens is 302 g/mol. The number of hydrogen-bond donors (Lipinski definition) is 2. The molecule has 0 aromatic heterocycles. The van der Waals surface area contributed by atoms with Gasteiger partial charge in [0.15, 0.2) is 0 Å². The lowest BCUT2D eigenvalue weighted by Gasteiger charge is -2.29. The molecule has 0 radical (unpaired) electrons. The van der Waals surface area contributed by atoms with Gasteiger partial charge in [-0.2, -0.15) is 0 Å². The van der Waals surface area contributed by atoms with Crippen molar-refractivity contribution in [1.82, 2.24) is 5.32 Å². The quantitative estimate of drug-likeness (QED) is 0.822. The summed E-state index contributed by atoms with van der Waals surface area (Å²) in [5.41, 5.74) is 1.65. The molecule has 0 heterocycles. The highest BCUT2D eigenvalue weighted by molar-refractivity contribution is 5.84. The van der Waals surface area contributed by atoms with Crippen LogP contribution in [0.1, 0.15) is 30.0 Å². The normalized spacial score (nSPS) is 13.1. The minimum atomic E-state index is -1.11. The highest BCUT2D eigenvalue weighted by Crippen LogP contribution is 2.27. The fraction of sp³-hybridized carbons (Fsp3) is 0.300. The molecule has 0 bridgehead atoms. The van der Waals surface area contributed by atoms with Crippen LogP contribution in [-0.4, -0.2) is 23.5 Å². The molecule has 2 aromatic carbocycles. The van der Waals surface area contributed by atoms with Crippen molar-refractivity contribution < 1.29 is 14.7 Å². The number of benzene rings is 2. The summed E-state index contributed by atoms with van der Waals surface area (Å²) < 4.78 is 0. The first-order chi connectivity index (χ1) is 11.5. The van der Waals surface area contributed by atoms with E-state index in [0.29, 0.717) is 12.0 Å². The summed E-state index contributed by atoms with van der Waals surface area (Å²) >= 11 is 0. The summed E-state index contributed by atoms with van der Waals surface area (Å²) in [5.74, 6) is -1.10. The number of carboxylic acid groups (broad SMARTS) is 1. The molecule has 0 fully saturated rings. The lowest BCUT2D eigenvalue weighted by Crippen LogP contribution is -2.46. The molecule has 2 N–H and O–H groups in total. The monoisotopic (exact) mass is 325 g/mol. The Balaban J connectivity index is 2.09. The molecule has 2 rings (SSSR count). The molecule has 1 atom stereocenters. The fourth-order valence-corrected chi connectivity index (χ4v) is 2.74. The Bertz CT molecular complexity index is 695. The van der Waals surface area contributed by atoms with E-state index in [-0.39, 0.29) is 18.9 Å². The van der Waals surface area contributed by atoms with Crippen molar-refractivity contribution in [2.24, 2.45) is 0 Å². The summed E-state index contributed by atoms with van der Waals surface area (Å²) in [7, 11) is 0. The van der Waals surface area contributed by atoms with Crippen molar-refractivity contribution in [3.8, 4) is 0 Å². The van der Waals surface area contributed by atoms with Crippen molar-refractivity contribution in [2.75, 3.05) is 6.54 Å². The lowest BCUT2D eigenvalue weighted by atomic mass is 9.78. The van der Waals surface area contributed by atoms with Crippen LogP contribution in [0.25, 0.3) is 0 Å². The number of nitrogens with one attached hydrogen (secondary N) is 1. The van der Waals surface area contributed by atoms with Crippen LogP contribution in [0.5, 0.6) is 0 Å². The first kappa shape index (κ1) is 17.7. The molecule has 4 nitrogen and oxygen atoms in total. The highest BCUT2D eigenvalue weighted by Gasteiger charge is 2.38. The van der Waals surface area contributed by atoms with E-state index in [1.807, 2.05) is 56.3 Å². The number of carbonyl (C=O) groups is 2. The van der Waals surface area contributed by atoms with Crippen molar-refractivity contribution >= 4 is 11.9 Å². The van der Waals surface area contributed by atoms with E-state index in [9.17, 15) is 14.7 Å². The Hall–Kier alpha value is -2.62. The van der Waals surface area contributed by atoms with Gasteiger partial charge in [-0.3, -0.25) is 9.59 Å². The maximum absolute atomic E-state index is 12.2. The van der Waals surface area contributed by atoms with Crippen molar-refractivity contribution in [2.45, 2.75) is 32.1 Å². The molecule has 0 saturated heterocycles. The fourth-order valence-electron chi connectivity index (χ4n) is 2.74. The molecule has 126 valence electrons. The largest absolute Gasteiger partial charge is 0.481 e. The number of carboxylic acids is 1. The molecule has 0 aliphatic carbocycles. The van der Waals surface area contributed by atoms with Gasteiger partial charge in [0, 0.05) is 6.54 Å². The second-order valence-corrected chi connectivity index (χ2v) is 6.05. The van der Waals surface area contributed by atoms with E-state index in [4.69, 9.17) is 0 Å². The standard InChI is InChI=1S/C20H23NO3/c1-3-20(19(23)24,17-7-5-4-6-8-17)14-21-18(22)13-16-11-9-15(2)10-12-16/h4-12H,3,13-14H2,1-2H3,(H,21,22)(H,23,24). The third-order valence-electron chi connectivity index (χ3n) is 4.41. The van der Waals surface area contributed by atoms with Crippen LogP contribution in [0.15, 0.2) is 54.6 Å². The molecule has 4 heteroatoms. The van der Waals surface area contributed by atoms with E-state index in [2.05, 4.69) is 5.32 Å². The van der Waals surface area contributed by atoms with Crippen LogP contribution in [0.3, 0.4) is 0 Å². The average Bonchev–Trinajstić information content (AvgIpc) is 2.58. The Kier molecular flexibility index (Phi) is 5.74. The van der Waals surface area contributed by atoms with Gasteiger partial charge in [0.1, 0.15) is 5.41 Å². The first-order valence-electron chi connectivity index (χ1n) is 8.09. The third-order valence-corrected chi connectivity index (χ3v) is 4.41. The van der Waals surface area contributed by atoms with Crippen LogP contribution in [0.4, 0.5) is 0 Å². The van der Waals surface area contributed by atoms with Crippen LogP contribution < -0.4 is 5.32 Å².